The highest BCUT2D eigenvalue weighted by molar-refractivity contribution is 7.08. The Morgan fingerprint density at radius 2 is 2.07 bits per heavy atom. The number of hydrogen-bond acceptors (Lipinski definition) is 5. The molecule has 4 heterocycles. The Morgan fingerprint density at radius 3 is 2.71 bits per heavy atom. The average molecular weight is 424 g/mol. The molecule has 28 heavy (non-hydrogen) atoms. The second-order valence-electron chi connectivity index (χ2n) is 7.40. The maximum Gasteiger partial charge on any atom is 0.252 e. The molecule has 9 heteroatoms. The second-order valence-corrected chi connectivity index (χ2v) is 8.18. The van der Waals surface area contributed by atoms with Crippen LogP contribution >= 0.6 is 23.7 Å². The molecule has 0 aliphatic carbocycles. The Kier molecular flexibility index (Phi) is 6.74. The molecule has 7 nitrogen and oxygen atoms in total. The van der Waals surface area contributed by atoms with E-state index in [9.17, 15) is 9.59 Å². The maximum atomic E-state index is 13.1. The number of thiophene rings is 1. The van der Waals surface area contributed by atoms with Gasteiger partial charge in [-0.25, -0.2) is 0 Å². The van der Waals surface area contributed by atoms with Crippen molar-refractivity contribution < 1.29 is 9.59 Å². The number of likely N-dealkylation sites (tertiary alicyclic amines) is 1. The van der Waals surface area contributed by atoms with E-state index in [0.29, 0.717) is 19.6 Å². The van der Waals surface area contributed by atoms with Gasteiger partial charge >= 0.3 is 0 Å². The number of nitrogens with one attached hydrogen (secondary N) is 2. The Balaban J connectivity index is 0.00000225. The number of piperidine rings is 1. The summed E-state index contributed by atoms with van der Waals surface area (Å²) in [6.07, 6.45) is 5.48. The fourth-order valence-corrected chi connectivity index (χ4v) is 4.70. The number of rotatable bonds is 4. The van der Waals surface area contributed by atoms with Crippen molar-refractivity contribution >= 4 is 35.6 Å². The zero-order chi connectivity index (χ0) is 18.8. The molecular formula is C19H26ClN5O2S. The van der Waals surface area contributed by atoms with Gasteiger partial charge in [-0.15, -0.1) is 12.4 Å². The highest BCUT2D eigenvalue weighted by Crippen LogP contribution is 2.30. The van der Waals surface area contributed by atoms with Crippen LogP contribution in [0.2, 0.25) is 0 Å². The lowest BCUT2D eigenvalue weighted by molar-refractivity contribution is -0.136. The van der Waals surface area contributed by atoms with Crippen LogP contribution in [0.1, 0.15) is 34.7 Å². The summed E-state index contributed by atoms with van der Waals surface area (Å²) in [5.74, 6) is 0.350. The first kappa shape index (κ1) is 20.8. The Morgan fingerprint density at radius 1 is 1.29 bits per heavy atom. The Hall–Kier alpha value is -1.90. The minimum absolute atomic E-state index is 0. The van der Waals surface area contributed by atoms with E-state index < -0.39 is 0 Å². The molecule has 0 aromatic carbocycles. The fraction of sp³-hybridized carbons (Fsp3) is 0.526. The zero-order valence-corrected chi connectivity index (χ0v) is 17.5. The number of hydrogen-bond donors (Lipinski definition) is 2. The largest absolute Gasteiger partial charge is 0.349 e. The first-order valence-electron chi connectivity index (χ1n) is 9.43. The molecule has 2 N–H and O–H groups in total. The van der Waals surface area contributed by atoms with Gasteiger partial charge in [0.25, 0.3) is 5.91 Å². The van der Waals surface area contributed by atoms with Crippen LogP contribution in [0.5, 0.6) is 0 Å². The molecule has 2 aliphatic rings. The third kappa shape index (κ3) is 4.39. The van der Waals surface area contributed by atoms with Gasteiger partial charge in [0.2, 0.25) is 5.91 Å². The summed E-state index contributed by atoms with van der Waals surface area (Å²) in [4.78, 5) is 27.2. The van der Waals surface area contributed by atoms with Crippen molar-refractivity contribution in [3.05, 3.63) is 40.3 Å². The number of carbonyl (C=O) groups excluding carboxylic acids is 2. The predicted octanol–water partition coefficient (Wildman–Crippen LogP) is 1.63. The standard InChI is InChI=1S/C19H25N5O2S.ClH/c1-23-11-14(8-21-23)16-9-20-10-17(16)19(26)24-5-2-15(3-6-24)22-18(25)13-4-7-27-12-13;/h4,7-8,11-12,15-17,20H,2-3,5-6,9-10H2,1H3,(H,22,25);1H/t16-,17+;/m1./s1. The van der Waals surface area contributed by atoms with Gasteiger partial charge in [0.05, 0.1) is 12.1 Å². The van der Waals surface area contributed by atoms with Gasteiger partial charge in [-0.3, -0.25) is 14.3 Å². The van der Waals surface area contributed by atoms with Crippen LogP contribution in [-0.4, -0.2) is 58.7 Å². The van der Waals surface area contributed by atoms with Gasteiger partial charge in [0, 0.05) is 62.3 Å². The second kappa shape index (κ2) is 9.07. The van der Waals surface area contributed by atoms with Crippen LogP contribution in [0.4, 0.5) is 0 Å². The highest BCUT2D eigenvalue weighted by atomic mass is 35.5. The Bertz CT molecular complexity index is 801. The summed E-state index contributed by atoms with van der Waals surface area (Å²) in [6.45, 7) is 2.93. The van der Waals surface area contributed by atoms with Gasteiger partial charge < -0.3 is 15.5 Å². The molecule has 4 rings (SSSR count). The molecule has 2 amide bonds. The lowest BCUT2D eigenvalue weighted by Gasteiger charge is -2.34. The maximum absolute atomic E-state index is 13.1. The van der Waals surface area contributed by atoms with Crippen LogP contribution in [0.25, 0.3) is 0 Å². The van der Waals surface area contributed by atoms with E-state index in [2.05, 4.69) is 15.7 Å². The number of carbonyl (C=O) groups is 2. The molecule has 2 atom stereocenters. The molecule has 152 valence electrons. The van der Waals surface area contributed by atoms with Gasteiger partial charge in [0.15, 0.2) is 0 Å². The van der Waals surface area contributed by atoms with Crippen molar-refractivity contribution in [2.45, 2.75) is 24.8 Å². The lowest BCUT2D eigenvalue weighted by atomic mass is 9.89. The van der Waals surface area contributed by atoms with Gasteiger partial charge in [-0.05, 0) is 29.9 Å². The molecule has 0 unspecified atom stereocenters. The van der Waals surface area contributed by atoms with E-state index >= 15 is 0 Å². The van der Waals surface area contributed by atoms with Crippen LogP contribution in [0, 0.1) is 5.92 Å². The lowest BCUT2D eigenvalue weighted by Crippen LogP contribution is -2.48. The minimum atomic E-state index is -0.0360. The summed E-state index contributed by atoms with van der Waals surface area (Å²) >= 11 is 1.52. The van der Waals surface area contributed by atoms with E-state index in [1.807, 2.05) is 41.2 Å². The molecule has 0 bridgehead atoms. The molecule has 2 saturated heterocycles. The van der Waals surface area contributed by atoms with Crippen molar-refractivity contribution in [2.75, 3.05) is 26.2 Å². The molecule has 0 spiro atoms. The summed E-state index contributed by atoms with van der Waals surface area (Å²) in [5, 5.41) is 14.5. The van der Waals surface area contributed by atoms with Crippen molar-refractivity contribution in [1.82, 2.24) is 25.3 Å². The average Bonchev–Trinajstić information content (AvgIpc) is 3.42. The van der Waals surface area contributed by atoms with E-state index in [4.69, 9.17) is 0 Å². The number of amides is 2. The third-order valence-corrected chi connectivity index (χ3v) is 6.29. The third-order valence-electron chi connectivity index (χ3n) is 5.61. The van der Waals surface area contributed by atoms with Gasteiger partial charge in [0.1, 0.15) is 0 Å². The van der Waals surface area contributed by atoms with E-state index in [-0.39, 0.29) is 42.1 Å². The summed E-state index contributed by atoms with van der Waals surface area (Å²) in [6, 6.07) is 1.97. The molecule has 2 aromatic rings. The normalized spacial score (nSPS) is 22.7. The molecule has 2 aliphatic heterocycles. The fourth-order valence-electron chi connectivity index (χ4n) is 4.06. The van der Waals surface area contributed by atoms with Crippen molar-refractivity contribution in [3.8, 4) is 0 Å². The summed E-state index contributed by atoms with van der Waals surface area (Å²) in [5.41, 5.74) is 1.84. The molecular weight excluding hydrogens is 398 g/mol. The SMILES string of the molecule is Cl.Cn1cc([C@H]2CNC[C@@H]2C(=O)N2CCC(NC(=O)c3ccsc3)CC2)cn1. The highest BCUT2D eigenvalue weighted by Gasteiger charge is 2.38. The molecule has 2 fully saturated rings. The van der Waals surface area contributed by atoms with Crippen molar-refractivity contribution in [3.63, 3.8) is 0 Å². The van der Waals surface area contributed by atoms with Gasteiger partial charge in [-0.2, -0.15) is 16.4 Å². The van der Waals surface area contributed by atoms with Crippen LogP contribution in [-0.2, 0) is 11.8 Å². The predicted molar refractivity (Wildman–Crippen MR) is 111 cm³/mol. The first-order valence-corrected chi connectivity index (χ1v) is 10.4. The zero-order valence-electron chi connectivity index (χ0n) is 15.8. The smallest absolute Gasteiger partial charge is 0.252 e. The number of aromatic nitrogens is 2. The monoisotopic (exact) mass is 423 g/mol. The number of nitrogens with zero attached hydrogens (tertiary/aromatic N) is 3. The molecule has 0 saturated carbocycles. The first-order chi connectivity index (χ1) is 13.1. The van der Waals surface area contributed by atoms with Crippen molar-refractivity contribution in [1.29, 1.82) is 0 Å². The minimum Gasteiger partial charge on any atom is -0.349 e. The quantitative estimate of drug-likeness (QED) is 0.783. The van der Waals surface area contributed by atoms with Crippen LogP contribution in [0.15, 0.2) is 29.2 Å². The number of halogens is 1. The van der Waals surface area contributed by atoms with Gasteiger partial charge in [-0.1, -0.05) is 0 Å². The topological polar surface area (TPSA) is 79.3 Å². The van der Waals surface area contributed by atoms with E-state index in [1.165, 1.54) is 11.3 Å². The van der Waals surface area contributed by atoms with E-state index in [0.717, 1.165) is 30.5 Å². The van der Waals surface area contributed by atoms with Crippen LogP contribution < -0.4 is 10.6 Å². The van der Waals surface area contributed by atoms with E-state index in [1.54, 1.807) is 4.68 Å². The Labute approximate surface area is 174 Å². The number of aryl methyl sites for hydroxylation is 1. The summed E-state index contributed by atoms with van der Waals surface area (Å²) in [7, 11) is 1.90. The molecule has 0 radical (unpaired) electrons. The summed E-state index contributed by atoms with van der Waals surface area (Å²) < 4.78 is 1.79. The molecule has 2 aromatic heterocycles. The van der Waals surface area contributed by atoms with Crippen LogP contribution in [0.3, 0.4) is 0 Å². The van der Waals surface area contributed by atoms with Crippen molar-refractivity contribution in [2.24, 2.45) is 13.0 Å².